The van der Waals surface area contributed by atoms with Crippen LogP contribution >= 0.6 is 0 Å². The number of carboxylic acid groups (broad SMARTS) is 1. The van der Waals surface area contributed by atoms with E-state index in [1.165, 1.54) is 6.07 Å². The lowest BCUT2D eigenvalue weighted by molar-refractivity contribution is 0.0697. The van der Waals surface area contributed by atoms with Crippen molar-refractivity contribution in [2.24, 2.45) is 5.92 Å². The predicted molar refractivity (Wildman–Crippen MR) is 75.4 cm³/mol. The number of carboxylic acids is 1. The van der Waals surface area contributed by atoms with Gasteiger partial charge in [0, 0.05) is 12.6 Å². The highest BCUT2D eigenvalue weighted by Crippen LogP contribution is 2.24. The number of nitriles is 1. The molecule has 0 saturated carbocycles. The summed E-state index contributed by atoms with van der Waals surface area (Å²) in [6.45, 7) is 9.20. The standard InChI is InChI=1S/C15H20N2O2/c1-10(2)9-17(11(3)4)14-6-5-12(15(18)19)7-13(14)8-16/h5-7,10-11H,9H2,1-4H3,(H,18,19). The van der Waals surface area contributed by atoms with Crippen molar-refractivity contribution < 1.29 is 9.90 Å². The first kappa shape index (κ1) is 15.0. The smallest absolute Gasteiger partial charge is 0.335 e. The molecule has 1 aromatic rings. The maximum absolute atomic E-state index is 10.9. The van der Waals surface area contributed by atoms with E-state index in [-0.39, 0.29) is 11.6 Å². The van der Waals surface area contributed by atoms with E-state index < -0.39 is 5.97 Å². The molecule has 0 spiro atoms. The van der Waals surface area contributed by atoms with E-state index in [1.807, 2.05) is 0 Å². The number of anilines is 1. The first-order chi connectivity index (χ1) is 8.86. The number of rotatable bonds is 5. The van der Waals surface area contributed by atoms with E-state index in [1.54, 1.807) is 12.1 Å². The van der Waals surface area contributed by atoms with Crippen molar-refractivity contribution in [1.29, 1.82) is 5.26 Å². The zero-order valence-electron chi connectivity index (χ0n) is 11.8. The van der Waals surface area contributed by atoms with Crippen molar-refractivity contribution in [3.05, 3.63) is 29.3 Å². The summed E-state index contributed by atoms with van der Waals surface area (Å²) in [5, 5.41) is 18.2. The van der Waals surface area contributed by atoms with E-state index in [0.717, 1.165) is 12.2 Å². The largest absolute Gasteiger partial charge is 0.478 e. The van der Waals surface area contributed by atoms with Gasteiger partial charge in [-0.1, -0.05) is 13.8 Å². The number of aromatic carboxylic acids is 1. The van der Waals surface area contributed by atoms with E-state index in [2.05, 4.69) is 38.7 Å². The molecule has 0 radical (unpaired) electrons. The number of carbonyl (C=O) groups is 1. The summed E-state index contributed by atoms with van der Waals surface area (Å²) in [5.74, 6) is -0.545. The van der Waals surface area contributed by atoms with Crippen LogP contribution < -0.4 is 4.90 Å². The Hall–Kier alpha value is -2.02. The normalized spacial score (nSPS) is 10.6. The average molecular weight is 260 g/mol. The summed E-state index contributed by atoms with van der Waals surface area (Å²) in [7, 11) is 0. The highest BCUT2D eigenvalue weighted by molar-refractivity contribution is 5.89. The number of hydrogen-bond acceptors (Lipinski definition) is 3. The van der Waals surface area contributed by atoms with Gasteiger partial charge in [-0.3, -0.25) is 0 Å². The zero-order chi connectivity index (χ0) is 14.6. The van der Waals surface area contributed by atoms with E-state index in [4.69, 9.17) is 5.11 Å². The van der Waals surface area contributed by atoms with Gasteiger partial charge in [0.1, 0.15) is 6.07 Å². The molecule has 1 aromatic carbocycles. The van der Waals surface area contributed by atoms with Crippen molar-refractivity contribution >= 4 is 11.7 Å². The van der Waals surface area contributed by atoms with Gasteiger partial charge in [-0.2, -0.15) is 5.26 Å². The quantitative estimate of drug-likeness (QED) is 0.883. The lowest BCUT2D eigenvalue weighted by Crippen LogP contribution is -2.34. The molecule has 0 aliphatic heterocycles. The molecule has 0 unspecified atom stereocenters. The van der Waals surface area contributed by atoms with Gasteiger partial charge in [0.15, 0.2) is 0 Å². The zero-order valence-corrected chi connectivity index (χ0v) is 11.8. The van der Waals surface area contributed by atoms with Crippen LogP contribution in [0.15, 0.2) is 18.2 Å². The molecule has 1 rings (SSSR count). The van der Waals surface area contributed by atoms with Crippen molar-refractivity contribution in [3.63, 3.8) is 0 Å². The first-order valence-electron chi connectivity index (χ1n) is 6.41. The van der Waals surface area contributed by atoms with Gasteiger partial charge in [0.05, 0.1) is 16.8 Å². The Bertz CT molecular complexity index is 501. The van der Waals surface area contributed by atoms with Crippen LogP contribution in [-0.4, -0.2) is 23.7 Å². The Morgan fingerprint density at radius 1 is 1.37 bits per heavy atom. The highest BCUT2D eigenvalue weighted by Gasteiger charge is 2.17. The van der Waals surface area contributed by atoms with Gasteiger partial charge in [0.2, 0.25) is 0 Å². The Morgan fingerprint density at radius 3 is 2.42 bits per heavy atom. The maximum atomic E-state index is 10.9. The van der Waals surface area contributed by atoms with Gasteiger partial charge in [0.25, 0.3) is 0 Å². The minimum atomic E-state index is -1.01. The second-order valence-electron chi connectivity index (χ2n) is 5.29. The first-order valence-corrected chi connectivity index (χ1v) is 6.41. The molecule has 0 bridgehead atoms. The summed E-state index contributed by atoms with van der Waals surface area (Å²) < 4.78 is 0. The maximum Gasteiger partial charge on any atom is 0.335 e. The van der Waals surface area contributed by atoms with Crippen LogP contribution in [-0.2, 0) is 0 Å². The molecule has 4 nitrogen and oxygen atoms in total. The van der Waals surface area contributed by atoms with Crippen LogP contribution in [0.3, 0.4) is 0 Å². The summed E-state index contributed by atoms with van der Waals surface area (Å²) in [4.78, 5) is 13.1. The highest BCUT2D eigenvalue weighted by atomic mass is 16.4. The summed E-state index contributed by atoms with van der Waals surface area (Å²) >= 11 is 0. The van der Waals surface area contributed by atoms with Gasteiger partial charge in [-0.15, -0.1) is 0 Å². The minimum absolute atomic E-state index is 0.147. The molecular formula is C15H20N2O2. The molecule has 1 N–H and O–H groups in total. The van der Waals surface area contributed by atoms with E-state index in [0.29, 0.717) is 11.5 Å². The van der Waals surface area contributed by atoms with Crippen LogP contribution in [0.2, 0.25) is 0 Å². The average Bonchev–Trinajstić information content (AvgIpc) is 2.34. The molecule has 0 fully saturated rings. The summed E-state index contributed by atoms with van der Waals surface area (Å²) in [6.07, 6.45) is 0. The number of benzene rings is 1. The van der Waals surface area contributed by atoms with Crippen molar-refractivity contribution in [2.75, 3.05) is 11.4 Å². The Balaban J connectivity index is 3.24. The number of hydrogen-bond donors (Lipinski definition) is 1. The second kappa shape index (κ2) is 6.24. The van der Waals surface area contributed by atoms with Crippen molar-refractivity contribution in [3.8, 4) is 6.07 Å². The van der Waals surface area contributed by atoms with Crippen LogP contribution in [0.4, 0.5) is 5.69 Å². The van der Waals surface area contributed by atoms with Crippen LogP contribution in [0, 0.1) is 17.2 Å². The molecule has 0 heterocycles. The third-order valence-corrected chi connectivity index (χ3v) is 2.86. The lowest BCUT2D eigenvalue weighted by atomic mass is 10.1. The molecule has 0 aromatic heterocycles. The third-order valence-electron chi connectivity index (χ3n) is 2.86. The molecular weight excluding hydrogens is 240 g/mol. The fourth-order valence-corrected chi connectivity index (χ4v) is 1.99. The minimum Gasteiger partial charge on any atom is -0.478 e. The predicted octanol–water partition coefficient (Wildman–Crippen LogP) is 3.13. The summed E-state index contributed by atoms with van der Waals surface area (Å²) in [5.41, 5.74) is 1.36. The van der Waals surface area contributed by atoms with Gasteiger partial charge in [-0.25, -0.2) is 4.79 Å². The van der Waals surface area contributed by atoms with Crippen LogP contribution in [0.25, 0.3) is 0 Å². The lowest BCUT2D eigenvalue weighted by Gasteiger charge is -2.31. The molecule has 0 atom stereocenters. The monoisotopic (exact) mass is 260 g/mol. The summed E-state index contributed by atoms with van der Waals surface area (Å²) in [6, 6.07) is 7.06. The fraction of sp³-hybridized carbons (Fsp3) is 0.467. The van der Waals surface area contributed by atoms with E-state index >= 15 is 0 Å². The van der Waals surface area contributed by atoms with Crippen molar-refractivity contribution in [2.45, 2.75) is 33.7 Å². The van der Waals surface area contributed by atoms with Crippen LogP contribution in [0.5, 0.6) is 0 Å². The van der Waals surface area contributed by atoms with Crippen LogP contribution in [0.1, 0.15) is 43.6 Å². The third kappa shape index (κ3) is 3.72. The molecule has 102 valence electrons. The molecule has 0 aliphatic rings. The van der Waals surface area contributed by atoms with Gasteiger partial charge in [-0.05, 0) is 38.0 Å². The Kier molecular flexibility index (Phi) is 4.94. The van der Waals surface area contributed by atoms with Crippen molar-refractivity contribution in [1.82, 2.24) is 0 Å². The second-order valence-corrected chi connectivity index (χ2v) is 5.29. The Morgan fingerprint density at radius 2 is 2.00 bits per heavy atom. The molecule has 19 heavy (non-hydrogen) atoms. The topological polar surface area (TPSA) is 64.3 Å². The molecule has 0 amide bonds. The molecule has 0 aliphatic carbocycles. The van der Waals surface area contributed by atoms with E-state index in [9.17, 15) is 10.1 Å². The van der Waals surface area contributed by atoms with Gasteiger partial charge < -0.3 is 10.0 Å². The molecule has 0 saturated heterocycles. The Labute approximate surface area is 114 Å². The number of nitrogens with zero attached hydrogens (tertiary/aromatic N) is 2. The molecule has 4 heteroatoms. The fourth-order valence-electron chi connectivity index (χ4n) is 1.99. The van der Waals surface area contributed by atoms with Gasteiger partial charge >= 0.3 is 5.97 Å². The SMILES string of the molecule is CC(C)CN(c1ccc(C(=O)O)cc1C#N)C(C)C.